The summed E-state index contributed by atoms with van der Waals surface area (Å²) in [6.07, 6.45) is 3.86. The normalized spacial score (nSPS) is 21.8. The fraction of sp³-hybridized carbons (Fsp3) is 0.208. The number of aromatic nitrogens is 1. The number of methoxy groups -OCH3 is 1. The molecule has 2 atom stereocenters. The summed E-state index contributed by atoms with van der Waals surface area (Å²) < 4.78 is 5.09. The van der Waals surface area contributed by atoms with Gasteiger partial charge in [-0.05, 0) is 47.9 Å². The summed E-state index contributed by atoms with van der Waals surface area (Å²) in [6.45, 7) is 0.396. The van der Waals surface area contributed by atoms with E-state index in [1.165, 1.54) is 13.2 Å². The van der Waals surface area contributed by atoms with Gasteiger partial charge in [0.15, 0.2) is 11.5 Å². The number of carbonyl (C=O) groups excluding carboxylic acids is 2. The first-order valence-electron chi connectivity index (χ1n) is 10.0. The number of hydrogen-bond acceptors (Lipinski definition) is 5. The zero-order valence-electron chi connectivity index (χ0n) is 16.9. The Bertz CT molecular complexity index is 1180. The number of phenols is 1. The van der Waals surface area contributed by atoms with Gasteiger partial charge in [0.2, 0.25) is 5.91 Å². The third-order valence-corrected chi connectivity index (χ3v) is 6.27. The number of pyridine rings is 1. The van der Waals surface area contributed by atoms with Crippen LogP contribution in [0.5, 0.6) is 11.5 Å². The summed E-state index contributed by atoms with van der Waals surface area (Å²) in [6, 6.07) is 15.4. The second-order valence-electron chi connectivity index (χ2n) is 7.80. The van der Waals surface area contributed by atoms with Crippen molar-refractivity contribution >= 4 is 17.5 Å². The van der Waals surface area contributed by atoms with E-state index in [0.717, 1.165) is 16.8 Å². The quantitative estimate of drug-likeness (QED) is 0.685. The molecule has 2 aromatic carbocycles. The van der Waals surface area contributed by atoms with Gasteiger partial charge < -0.3 is 20.1 Å². The maximum Gasteiger partial charge on any atom is 0.254 e. The van der Waals surface area contributed by atoms with Gasteiger partial charge in [-0.2, -0.15) is 0 Å². The third-order valence-electron chi connectivity index (χ3n) is 6.27. The monoisotopic (exact) mass is 415 g/mol. The van der Waals surface area contributed by atoms with Crippen LogP contribution in [-0.2, 0) is 10.2 Å². The average molecular weight is 415 g/mol. The molecule has 0 aliphatic carbocycles. The van der Waals surface area contributed by atoms with Gasteiger partial charge in [0.1, 0.15) is 5.41 Å². The van der Waals surface area contributed by atoms with E-state index < -0.39 is 11.5 Å². The number of ether oxygens (including phenoxy) is 1. The van der Waals surface area contributed by atoms with Crippen molar-refractivity contribution in [1.29, 1.82) is 0 Å². The van der Waals surface area contributed by atoms with Gasteiger partial charge in [-0.25, -0.2) is 0 Å². The van der Waals surface area contributed by atoms with Crippen molar-refractivity contribution in [3.05, 3.63) is 83.7 Å². The maximum atomic E-state index is 13.6. The van der Waals surface area contributed by atoms with E-state index in [-0.39, 0.29) is 17.6 Å². The van der Waals surface area contributed by atoms with Crippen molar-refractivity contribution < 1.29 is 19.4 Å². The number of aromatic hydroxyl groups is 1. The first-order chi connectivity index (χ1) is 15.1. The Morgan fingerprint density at radius 2 is 2.06 bits per heavy atom. The molecule has 5 rings (SSSR count). The van der Waals surface area contributed by atoms with E-state index in [4.69, 9.17) is 4.74 Å². The van der Waals surface area contributed by atoms with Gasteiger partial charge in [0, 0.05) is 30.2 Å². The lowest BCUT2D eigenvalue weighted by Gasteiger charge is -2.34. The van der Waals surface area contributed by atoms with Gasteiger partial charge in [-0.3, -0.25) is 14.6 Å². The molecule has 7 nitrogen and oxygen atoms in total. The molecular formula is C24H21N3O4. The fourth-order valence-electron chi connectivity index (χ4n) is 4.90. The Hall–Kier alpha value is -3.87. The number of para-hydroxylation sites is 1. The molecule has 31 heavy (non-hydrogen) atoms. The minimum Gasteiger partial charge on any atom is -0.504 e. The van der Waals surface area contributed by atoms with Crippen LogP contribution >= 0.6 is 0 Å². The lowest BCUT2D eigenvalue weighted by atomic mass is 9.73. The first kappa shape index (κ1) is 19.1. The van der Waals surface area contributed by atoms with E-state index in [1.807, 2.05) is 36.4 Å². The minimum atomic E-state index is -0.899. The number of likely N-dealkylation sites (tertiary alicyclic amines) is 1. The predicted molar refractivity (Wildman–Crippen MR) is 114 cm³/mol. The van der Waals surface area contributed by atoms with Crippen LogP contribution < -0.4 is 10.1 Å². The van der Waals surface area contributed by atoms with Crippen LogP contribution in [0, 0.1) is 0 Å². The van der Waals surface area contributed by atoms with E-state index in [9.17, 15) is 14.7 Å². The van der Waals surface area contributed by atoms with Crippen molar-refractivity contribution in [2.75, 3.05) is 19.0 Å². The van der Waals surface area contributed by atoms with Crippen molar-refractivity contribution in [3.8, 4) is 11.5 Å². The molecule has 3 heterocycles. The molecule has 0 bridgehead atoms. The molecular weight excluding hydrogens is 394 g/mol. The lowest BCUT2D eigenvalue weighted by Crippen LogP contribution is -2.42. The molecule has 2 amide bonds. The molecule has 7 heteroatoms. The second kappa shape index (κ2) is 7.12. The van der Waals surface area contributed by atoms with Crippen LogP contribution in [0.2, 0.25) is 0 Å². The minimum absolute atomic E-state index is 0.107. The second-order valence-corrected chi connectivity index (χ2v) is 7.80. The fourth-order valence-corrected chi connectivity index (χ4v) is 4.90. The molecule has 1 fully saturated rings. The molecule has 2 N–H and O–H groups in total. The number of anilines is 1. The highest BCUT2D eigenvalue weighted by atomic mass is 16.5. The molecule has 2 unspecified atom stereocenters. The van der Waals surface area contributed by atoms with Gasteiger partial charge in [-0.1, -0.05) is 24.3 Å². The van der Waals surface area contributed by atoms with Crippen molar-refractivity contribution in [3.63, 3.8) is 0 Å². The van der Waals surface area contributed by atoms with Gasteiger partial charge >= 0.3 is 0 Å². The van der Waals surface area contributed by atoms with Crippen LogP contribution in [0.25, 0.3) is 0 Å². The van der Waals surface area contributed by atoms with E-state index >= 15 is 0 Å². The summed E-state index contributed by atoms with van der Waals surface area (Å²) in [5.41, 5.74) is 1.89. The molecule has 2 aliphatic rings. The van der Waals surface area contributed by atoms with E-state index in [2.05, 4.69) is 10.3 Å². The Morgan fingerprint density at radius 1 is 1.23 bits per heavy atom. The summed E-state index contributed by atoms with van der Waals surface area (Å²) in [5, 5.41) is 13.2. The Balaban J connectivity index is 1.63. The highest BCUT2D eigenvalue weighted by Gasteiger charge is 2.59. The topological polar surface area (TPSA) is 91.8 Å². The molecule has 156 valence electrons. The number of phenolic OH excluding ortho intramolecular Hbond substituents is 1. The highest BCUT2D eigenvalue weighted by molar-refractivity contribution is 6.08. The number of nitrogens with one attached hydrogen (secondary N) is 1. The first-order valence-corrected chi connectivity index (χ1v) is 10.0. The third kappa shape index (κ3) is 2.77. The Morgan fingerprint density at radius 3 is 2.81 bits per heavy atom. The van der Waals surface area contributed by atoms with Gasteiger partial charge in [0.25, 0.3) is 5.91 Å². The van der Waals surface area contributed by atoms with Crippen LogP contribution in [-0.4, -0.2) is 40.5 Å². The van der Waals surface area contributed by atoms with Crippen LogP contribution in [0.1, 0.15) is 33.9 Å². The summed E-state index contributed by atoms with van der Waals surface area (Å²) in [7, 11) is 1.45. The zero-order chi connectivity index (χ0) is 21.6. The molecule has 0 radical (unpaired) electrons. The lowest BCUT2D eigenvalue weighted by molar-refractivity contribution is -0.121. The molecule has 1 saturated heterocycles. The largest absolute Gasteiger partial charge is 0.504 e. The van der Waals surface area contributed by atoms with Crippen LogP contribution in [0.4, 0.5) is 5.69 Å². The summed E-state index contributed by atoms with van der Waals surface area (Å²) in [5.74, 6) is -0.192. The number of hydrogen-bond donors (Lipinski definition) is 2. The van der Waals surface area contributed by atoms with Gasteiger partial charge in [0.05, 0.1) is 13.2 Å². The number of rotatable bonds is 3. The number of fused-ring (bicyclic) bond motifs is 2. The molecule has 3 aromatic rings. The van der Waals surface area contributed by atoms with E-state index in [0.29, 0.717) is 24.3 Å². The number of benzene rings is 2. The Kier molecular flexibility index (Phi) is 4.39. The SMILES string of the molecule is COc1ccc(C(=O)N2CCC3(C(=O)Nc4ccccc43)C2c2cccnc2)cc1O. The van der Waals surface area contributed by atoms with Crippen molar-refractivity contribution in [2.24, 2.45) is 0 Å². The number of nitrogens with zero attached hydrogens (tertiary/aromatic N) is 2. The maximum absolute atomic E-state index is 13.6. The molecule has 1 spiro atoms. The summed E-state index contributed by atoms with van der Waals surface area (Å²) >= 11 is 0. The van der Waals surface area contributed by atoms with Crippen LogP contribution in [0.3, 0.4) is 0 Å². The highest BCUT2D eigenvalue weighted by Crippen LogP contribution is 2.54. The molecule has 1 aromatic heterocycles. The predicted octanol–water partition coefficient (Wildman–Crippen LogP) is 3.27. The van der Waals surface area contributed by atoms with Crippen molar-refractivity contribution in [2.45, 2.75) is 17.9 Å². The standard InChI is InChI=1S/C24H21N3O4/c1-31-20-9-8-15(13-19(20)28)22(29)27-12-10-24(21(27)16-5-4-11-25-14-16)17-6-2-3-7-18(17)26-23(24)30/h2-9,11,13-14,21,28H,10,12H2,1H3,(H,26,30). The number of carbonyl (C=O) groups is 2. The zero-order valence-corrected chi connectivity index (χ0v) is 16.9. The summed E-state index contributed by atoms with van der Waals surface area (Å²) in [4.78, 5) is 32.9. The van der Waals surface area contributed by atoms with Gasteiger partial charge in [-0.15, -0.1) is 0 Å². The van der Waals surface area contributed by atoms with Crippen molar-refractivity contribution in [1.82, 2.24) is 9.88 Å². The van der Waals surface area contributed by atoms with E-state index in [1.54, 1.807) is 29.4 Å². The Labute approximate surface area is 179 Å². The van der Waals surface area contributed by atoms with Crippen LogP contribution in [0.15, 0.2) is 67.0 Å². The molecule has 2 aliphatic heterocycles. The molecule has 0 saturated carbocycles. The number of amides is 2. The smallest absolute Gasteiger partial charge is 0.254 e. The average Bonchev–Trinajstić information content (AvgIpc) is 3.33.